The Labute approximate surface area is 177 Å². The summed E-state index contributed by atoms with van der Waals surface area (Å²) in [6, 6.07) is 4.26. The minimum atomic E-state index is -0.886. The molecule has 0 radical (unpaired) electrons. The van der Waals surface area contributed by atoms with Crippen LogP contribution in [-0.4, -0.2) is 39.5 Å². The second-order valence-corrected chi connectivity index (χ2v) is 8.25. The average Bonchev–Trinajstić information content (AvgIpc) is 3.38. The quantitative estimate of drug-likeness (QED) is 0.628. The van der Waals surface area contributed by atoms with E-state index in [4.69, 9.17) is 16.9 Å². The predicted octanol–water partition coefficient (Wildman–Crippen LogP) is 4.50. The Kier molecular flexibility index (Phi) is 5.33. The largest absolute Gasteiger partial charge is 0.359 e. The molecule has 156 valence electrons. The number of aromatic nitrogens is 2. The van der Waals surface area contributed by atoms with Gasteiger partial charge in [0.15, 0.2) is 5.82 Å². The highest BCUT2D eigenvalue weighted by Gasteiger charge is 2.45. The molecule has 1 aromatic heterocycles. The van der Waals surface area contributed by atoms with Crippen LogP contribution in [0.15, 0.2) is 30.7 Å². The summed E-state index contributed by atoms with van der Waals surface area (Å²) in [5.41, 5.74) is -0.530. The van der Waals surface area contributed by atoms with E-state index in [0.717, 1.165) is 31.2 Å². The van der Waals surface area contributed by atoms with E-state index >= 15 is 0 Å². The highest BCUT2D eigenvalue weighted by atomic mass is 35.5. The number of nitrogens with zero attached hydrogens (tertiary/aromatic N) is 5. The number of rotatable bonds is 6. The van der Waals surface area contributed by atoms with Crippen molar-refractivity contribution in [1.82, 2.24) is 19.8 Å². The van der Waals surface area contributed by atoms with Gasteiger partial charge in [0.2, 0.25) is 5.28 Å². The van der Waals surface area contributed by atoms with E-state index in [1.165, 1.54) is 0 Å². The predicted molar refractivity (Wildman–Crippen MR) is 105 cm³/mol. The van der Waals surface area contributed by atoms with Gasteiger partial charge in [-0.15, -0.1) is 0 Å². The van der Waals surface area contributed by atoms with E-state index in [-0.39, 0.29) is 40.1 Å². The molecule has 1 aliphatic heterocycles. The van der Waals surface area contributed by atoms with Gasteiger partial charge < -0.3 is 9.80 Å². The van der Waals surface area contributed by atoms with Crippen molar-refractivity contribution in [2.75, 3.05) is 13.6 Å². The molecule has 2 aromatic rings. The Morgan fingerprint density at radius 2 is 1.97 bits per heavy atom. The molecule has 0 bridgehead atoms. The summed E-state index contributed by atoms with van der Waals surface area (Å²) in [6.07, 6.45) is 7.11. The zero-order valence-electron chi connectivity index (χ0n) is 16.2. The molecule has 1 saturated carbocycles. The topological polar surface area (TPSA) is 56.0 Å². The highest BCUT2D eigenvalue weighted by molar-refractivity contribution is 6.28. The van der Waals surface area contributed by atoms with Gasteiger partial charge >= 0.3 is 0 Å². The van der Waals surface area contributed by atoms with Crippen LogP contribution in [0.25, 0.3) is 11.3 Å². The Balaban J connectivity index is 1.58. The maximum atomic E-state index is 14.9. The van der Waals surface area contributed by atoms with Gasteiger partial charge in [0.25, 0.3) is 0 Å². The van der Waals surface area contributed by atoms with Crippen LogP contribution in [0.1, 0.15) is 24.8 Å². The molecule has 0 amide bonds. The van der Waals surface area contributed by atoms with Crippen LogP contribution in [0.2, 0.25) is 5.28 Å². The smallest absolute Gasteiger partial charge is 0.223 e. The molecular weight excluding hydrogens is 415 g/mol. The Morgan fingerprint density at radius 3 is 2.67 bits per heavy atom. The summed E-state index contributed by atoms with van der Waals surface area (Å²) in [6.45, 7) is 0.693. The van der Waals surface area contributed by atoms with Crippen molar-refractivity contribution in [2.45, 2.75) is 31.8 Å². The van der Waals surface area contributed by atoms with E-state index in [2.05, 4.69) is 20.9 Å². The lowest BCUT2D eigenvalue weighted by Gasteiger charge is -2.33. The molecule has 9 heteroatoms. The fourth-order valence-electron chi connectivity index (χ4n) is 3.82. The normalized spacial score (nSPS) is 19.3. The number of hydrogen-bond donors (Lipinski definition) is 0. The lowest BCUT2D eigenvalue weighted by molar-refractivity contribution is 0.149. The summed E-state index contributed by atoms with van der Waals surface area (Å²) in [5, 5.41) is 8.81. The molecule has 2 aliphatic rings. The standard InChI is InChI=1S/C21H19ClF3N5/c1-29-6-7-30(12-21(2-3-21)4-5-26)18(29)9-13-8-16(24)14(10-15(13)23)19-17(25)11-27-20(22)28-19/h6-8,10-11,18H,2-4,9,12H2,1H3. The lowest BCUT2D eigenvalue weighted by atomic mass is 10.0. The number of likely N-dealkylation sites (N-methyl/N-ethyl adjacent to an activating group) is 1. The fourth-order valence-corrected chi connectivity index (χ4v) is 3.96. The van der Waals surface area contributed by atoms with Crippen molar-refractivity contribution in [2.24, 2.45) is 5.41 Å². The molecule has 0 spiro atoms. The number of halogens is 4. The van der Waals surface area contributed by atoms with Gasteiger partial charge in [-0.05, 0) is 42.1 Å². The lowest BCUT2D eigenvalue weighted by Crippen LogP contribution is -2.41. The number of benzene rings is 1. The van der Waals surface area contributed by atoms with E-state index in [1.807, 2.05) is 24.3 Å². The van der Waals surface area contributed by atoms with Crippen molar-refractivity contribution in [3.05, 3.63) is 59.0 Å². The van der Waals surface area contributed by atoms with Gasteiger partial charge in [0, 0.05) is 49.8 Å². The van der Waals surface area contributed by atoms with Crippen LogP contribution in [0.3, 0.4) is 0 Å². The first-order valence-corrected chi connectivity index (χ1v) is 9.89. The molecule has 5 nitrogen and oxygen atoms in total. The van der Waals surface area contributed by atoms with Gasteiger partial charge in [0.05, 0.1) is 12.3 Å². The Morgan fingerprint density at radius 1 is 1.20 bits per heavy atom. The van der Waals surface area contributed by atoms with Crippen molar-refractivity contribution in [3.63, 3.8) is 0 Å². The van der Waals surface area contributed by atoms with E-state index in [0.29, 0.717) is 13.0 Å². The summed E-state index contributed by atoms with van der Waals surface area (Å²) in [7, 11) is 1.87. The molecule has 1 aromatic carbocycles. The van der Waals surface area contributed by atoms with Gasteiger partial charge in [0.1, 0.15) is 23.5 Å². The molecular formula is C21H19ClF3N5. The molecule has 1 unspecified atom stereocenters. The molecule has 2 heterocycles. The summed E-state index contributed by atoms with van der Waals surface area (Å²) in [5.74, 6) is -2.33. The molecule has 30 heavy (non-hydrogen) atoms. The maximum Gasteiger partial charge on any atom is 0.223 e. The first-order chi connectivity index (χ1) is 14.3. The van der Waals surface area contributed by atoms with Crippen LogP contribution in [0.5, 0.6) is 0 Å². The van der Waals surface area contributed by atoms with Crippen molar-refractivity contribution < 1.29 is 13.2 Å². The van der Waals surface area contributed by atoms with Crippen molar-refractivity contribution >= 4 is 11.6 Å². The Hall–Kier alpha value is -2.79. The minimum absolute atomic E-state index is 0.0139. The monoisotopic (exact) mass is 433 g/mol. The van der Waals surface area contributed by atoms with Crippen molar-refractivity contribution in [1.29, 1.82) is 5.26 Å². The minimum Gasteiger partial charge on any atom is -0.359 e. The third-order valence-electron chi connectivity index (χ3n) is 5.78. The SMILES string of the molecule is CN1C=CN(CC2(CC#N)CC2)C1Cc1cc(F)c(-c2nc(Cl)ncc2F)cc1F. The van der Waals surface area contributed by atoms with E-state index < -0.39 is 17.5 Å². The maximum absolute atomic E-state index is 14.9. The third-order valence-corrected chi connectivity index (χ3v) is 5.97. The highest BCUT2D eigenvalue weighted by Crippen LogP contribution is 2.50. The van der Waals surface area contributed by atoms with Gasteiger partial charge in [-0.1, -0.05) is 0 Å². The zero-order valence-corrected chi connectivity index (χ0v) is 17.0. The zero-order chi connectivity index (χ0) is 21.5. The van der Waals surface area contributed by atoms with Gasteiger partial charge in [-0.2, -0.15) is 5.26 Å². The van der Waals surface area contributed by atoms with E-state index in [9.17, 15) is 13.2 Å². The number of nitriles is 1. The third kappa shape index (κ3) is 3.94. The van der Waals surface area contributed by atoms with Gasteiger partial charge in [-0.25, -0.2) is 23.1 Å². The first kappa shape index (κ1) is 20.5. The van der Waals surface area contributed by atoms with Crippen LogP contribution < -0.4 is 0 Å². The molecule has 1 atom stereocenters. The molecule has 0 N–H and O–H groups in total. The van der Waals surface area contributed by atoms with Crippen LogP contribution in [-0.2, 0) is 6.42 Å². The molecule has 0 saturated heterocycles. The van der Waals surface area contributed by atoms with E-state index in [1.54, 1.807) is 0 Å². The van der Waals surface area contributed by atoms with Crippen molar-refractivity contribution in [3.8, 4) is 17.3 Å². The summed E-state index contributed by atoms with van der Waals surface area (Å²) >= 11 is 5.67. The molecule has 1 fully saturated rings. The fraction of sp³-hybridized carbons (Fsp3) is 0.381. The summed E-state index contributed by atoms with van der Waals surface area (Å²) < 4.78 is 43.6. The second kappa shape index (κ2) is 7.80. The van der Waals surface area contributed by atoms with Gasteiger partial charge in [-0.3, -0.25) is 0 Å². The summed E-state index contributed by atoms with van der Waals surface area (Å²) in [4.78, 5) is 11.2. The molecule has 4 rings (SSSR count). The molecule has 1 aliphatic carbocycles. The average molecular weight is 434 g/mol. The van der Waals surface area contributed by atoms with Crippen LogP contribution >= 0.6 is 11.6 Å². The van der Waals surface area contributed by atoms with Crippen LogP contribution in [0, 0.1) is 34.2 Å². The second-order valence-electron chi connectivity index (χ2n) is 7.91. The number of hydrogen-bond acceptors (Lipinski definition) is 5. The first-order valence-electron chi connectivity index (χ1n) is 9.51. The Bertz CT molecular complexity index is 1050. The van der Waals surface area contributed by atoms with Crippen LogP contribution in [0.4, 0.5) is 13.2 Å².